The van der Waals surface area contributed by atoms with Crippen LogP contribution in [0.2, 0.25) is 5.28 Å². The molecule has 1 heterocycles. The Kier molecular flexibility index (Phi) is 4.11. The van der Waals surface area contributed by atoms with Gasteiger partial charge in [-0.2, -0.15) is 28.1 Å². The van der Waals surface area contributed by atoms with Gasteiger partial charge in [0.05, 0.1) is 6.42 Å². The summed E-state index contributed by atoms with van der Waals surface area (Å²) in [5.41, 5.74) is 0. The number of aromatic nitrogens is 3. The number of nitrogens with zero attached hydrogens (tertiary/aromatic N) is 3. The van der Waals surface area contributed by atoms with Gasteiger partial charge in [-0.15, -0.1) is 0 Å². The number of hydrogen-bond acceptors (Lipinski definition) is 5. The van der Waals surface area contributed by atoms with Gasteiger partial charge >= 0.3 is 6.18 Å². The Morgan fingerprint density at radius 3 is 2.38 bits per heavy atom. The molecule has 0 aromatic carbocycles. The Labute approximate surface area is 94.4 Å². The van der Waals surface area contributed by atoms with Gasteiger partial charge in [0.15, 0.2) is 0 Å². The molecule has 0 unspecified atom stereocenters. The van der Waals surface area contributed by atoms with E-state index in [1.807, 2.05) is 0 Å². The van der Waals surface area contributed by atoms with Crippen molar-refractivity contribution in [3.8, 4) is 0 Å². The molecule has 0 aliphatic heterocycles. The second kappa shape index (κ2) is 5.15. The second-order valence-corrected chi connectivity index (χ2v) is 3.13. The van der Waals surface area contributed by atoms with Crippen LogP contribution in [0.3, 0.4) is 0 Å². The highest BCUT2D eigenvalue weighted by Gasteiger charge is 2.26. The summed E-state index contributed by atoms with van der Waals surface area (Å²) in [5, 5.41) is 4.93. The summed E-state index contributed by atoms with van der Waals surface area (Å²) in [6.07, 6.45) is -5.18. The van der Waals surface area contributed by atoms with Crippen molar-refractivity contribution >= 4 is 23.5 Å². The van der Waals surface area contributed by atoms with Crippen LogP contribution in [0.4, 0.5) is 25.1 Å². The average molecular weight is 256 g/mol. The van der Waals surface area contributed by atoms with E-state index in [4.69, 9.17) is 11.6 Å². The highest BCUT2D eigenvalue weighted by atomic mass is 35.5. The predicted molar refractivity (Wildman–Crippen MR) is 53.5 cm³/mol. The fraction of sp³-hybridized carbons (Fsp3) is 0.571. The van der Waals surface area contributed by atoms with Gasteiger partial charge < -0.3 is 10.6 Å². The monoisotopic (exact) mass is 255 g/mol. The standard InChI is InChI=1S/C7H9ClF3N5/c1-12-5-14-4(8)15-6(16-5)13-3-2-7(9,10)11/h2-3H2,1H3,(H2,12,13,14,15,16). The molecule has 90 valence electrons. The van der Waals surface area contributed by atoms with Crippen molar-refractivity contribution in [3.05, 3.63) is 5.28 Å². The molecule has 16 heavy (non-hydrogen) atoms. The van der Waals surface area contributed by atoms with E-state index >= 15 is 0 Å². The molecule has 2 N–H and O–H groups in total. The molecule has 0 atom stereocenters. The van der Waals surface area contributed by atoms with E-state index in [-0.39, 0.29) is 23.7 Å². The van der Waals surface area contributed by atoms with E-state index in [0.717, 1.165) is 0 Å². The Morgan fingerprint density at radius 1 is 1.19 bits per heavy atom. The van der Waals surface area contributed by atoms with Crippen LogP contribution in [0.25, 0.3) is 0 Å². The summed E-state index contributed by atoms with van der Waals surface area (Å²) >= 11 is 5.53. The van der Waals surface area contributed by atoms with Gasteiger partial charge in [0.2, 0.25) is 17.2 Å². The van der Waals surface area contributed by atoms with Crippen molar-refractivity contribution in [3.63, 3.8) is 0 Å². The van der Waals surface area contributed by atoms with Crippen LogP contribution >= 0.6 is 11.6 Å². The van der Waals surface area contributed by atoms with Crippen LogP contribution in [-0.2, 0) is 0 Å². The van der Waals surface area contributed by atoms with Gasteiger partial charge in [-0.3, -0.25) is 0 Å². The van der Waals surface area contributed by atoms with Gasteiger partial charge in [0, 0.05) is 13.6 Å². The smallest absolute Gasteiger partial charge is 0.357 e. The van der Waals surface area contributed by atoms with Crippen molar-refractivity contribution in [1.29, 1.82) is 0 Å². The number of anilines is 2. The lowest BCUT2D eigenvalue weighted by atomic mass is 10.4. The third-order valence-corrected chi connectivity index (χ3v) is 1.69. The number of alkyl halides is 3. The van der Waals surface area contributed by atoms with Crippen molar-refractivity contribution in [2.24, 2.45) is 0 Å². The van der Waals surface area contributed by atoms with Crippen molar-refractivity contribution in [2.75, 3.05) is 24.2 Å². The third-order valence-electron chi connectivity index (χ3n) is 1.52. The fourth-order valence-electron chi connectivity index (χ4n) is 0.857. The lowest BCUT2D eigenvalue weighted by Gasteiger charge is -2.08. The van der Waals surface area contributed by atoms with Crippen molar-refractivity contribution < 1.29 is 13.2 Å². The first-order chi connectivity index (χ1) is 7.40. The summed E-state index contributed by atoms with van der Waals surface area (Å²) in [7, 11) is 1.56. The fourth-order valence-corrected chi connectivity index (χ4v) is 1.02. The maximum atomic E-state index is 11.9. The minimum absolute atomic E-state index is 0.00796. The molecule has 0 saturated heterocycles. The maximum Gasteiger partial charge on any atom is 0.390 e. The van der Waals surface area contributed by atoms with Crippen LogP contribution < -0.4 is 10.6 Å². The Morgan fingerprint density at radius 2 is 1.81 bits per heavy atom. The topological polar surface area (TPSA) is 62.7 Å². The van der Waals surface area contributed by atoms with E-state index in [2.05, 4.69) is 25.6 Å². The maximum absolute atomic E-state index is 11.9. The first-order valence-electron chi connectivity index (χ1n) is 4.30. The molecule has 0 amide bonds. The second-order valence-electron chi connectivity index (χ2n) is 2.79. The molecule has 0 fully saturated rings. The number of halogens is 4. The third kappa shape index (κ3) is 4.47. The van der Waals surface area contributed by atoms with Crippen LogP contribution in [-0.4, -0.2) is 34.7 Å². The zero-order valence-corrected chi connectivity index (χ0v) is 9.02. The molecule has 0 saturated carbocycles. The van der Waals surface area contributed by atoms with E-state index in [9.17, 15) is 13.2 Å². The van der Waals surface area contributed by atoms with Crippen LogP contribution in [0.15, 0.2) is 0 Å². The normalized spacial score (nSPS) is 11.3. The zero-order valence-electron chi connectivity index (χ0n) is 8.27. The molecule has 1 aromatic heterocycles. The van der Waals surface area contributed by atoms with E-state index in [1.165, 1.54) is 0 Å². The number of hydrogen-bond donors (Lipinski definition) is 2. The SMILES string of the molecule is CNc1nc(Cl)nc(NCCC(F)(F)F)n1. The zero-order chi connectivity index (χ0) is 12.2. The Bertz CT molecular complexity index is 356. The first kappa shape index (κ1) is 12.8. The molecule has 1 rings (SSSR count). The molecular weight excluding hydrogens is 247 g/mol. The van der Waals surface area contributed by atoms with E-state index in [1.54, 1.807) is 7.05 Å². The number of nitrogens with one attached hydrogen (secondary N) is 2. The van der Waals surface area contributed by atoms with Gasteiger partial charge in [-0.25, -0.2) is 0 Å². The number of rotatable bonds is 4. The van der Waals surface area contributed by atoms with Gasteiger partial charge in [-0.1, -0.05) is 0 Å². The molecule has 0 spiro atoms. The molecule has 0 bridgehead atoms. The molecule has 0 aliphatic carbocycles. The molecular formula is C7H9ClF3N5. The van der Waals surface area contributed by atoms with Crippen LogP contribution in [0.1, 0.15) is 6.42 Å². The molecule has 9 heteroatoms. The summed E-state index contributed by atoms with van der Waals surface area (Å²) in [5.74, 6) is 0.197. The van der Waals surface area contributed by atoms with E-state index in [0.29, 0.717) is 0 Å². The minimum atomic E-state index is -4.21. The van der Waals surface area contributed by atoms with E-state index < -0.39 is 12.6 Å². The molecule has 5 nitrogen and oxygen atoms in total. The highest BCUT2D eigenvalue weighted by Crippen LogP contribution is 2.19. The lowest BCUT2D eigenvalue weighted by Crippen LogP contribution is -2.16. The van der Waals surface area contributed by atoms with Crippen LogP contribution in [0.5, 0.6) is 0 Å². The molecule has 0 radical (unpaired) electrons. The van der Waals surface area contributed by atoms with Gasteiger partial charge in [-0.05, 0) is 11.6 Å². The Hall–Kier alpha value is -1.31. The quantitative estimate of drug-likeness (QED) is 0.861. The summed E-state index contributed by atoms with van der Waals surface area (Å²) in [6, 6.07) is 0. The first-order valence-corrected chi connectivity index (χ1v) is 4.68. The molecule has 1 aromatic rings. The predicted octanol–water partition coefficient (Wildman–Crippen LogP) is 1.93. The highest BCUT2D eigenvalue weighted by molar-refractivity contribution is 6.28. The summed E-state index contributed by atoms with van der Waals surface area (Å²) in [6.45, 7) is -0.313. The Balaban J connectivity index is 2.57. The molecule has 0 aliphatic rings. The van der Waals surface area contributed by atoms with Gasteiger partial charge in [0.1, 0.15) is 0 Å². The lowest BCUT2D eigenvalue weighted by molar-refractivity contribution is -0.131. The van der Waals surface area contributed by atoms with Crippen LogP contribution in [0, 0.1) is 0 Å². The van der Waals surface area contributed by atoms with Crippen molar-refractivity contribution in [2.45, 2.75) is 12.6 Å². The summed E-state index contributed by atoms with van der Waals surface area (Å²) < 4.78 is 35.6. The van der Waals surface area contributed by atoms with Crippen molar-refractivity contribution in [1.82, 2.24) is 15.0 Å². The average Bonchev–Trinajstić information content (AvgIpc) is 2.14. The minimum Gasteiger partial charge on any atom is -0.357 e. The summed E-state index contributed by atoms with van der Waals surface area (Å²) in [4.78, 5) is 11.1. The van der Waals surface area contributed by atoms with Gasteiger partial charge in [0.25, 0.3) is 0 Å². The largest absolute Gasteiger partial charge is 0.390 e.